The van der Waals surface area contributed by atoms with E-state index >= 15 is 0 Å². The van der Waals surface area contributed by atoms with E-state index < -0.39 is 15.9 Å². The normalized spacial score (nSPS) is 12.7. The third-order valence-corrected chi connectivity index (χ3v) is 5.58. The second-order valence-electron chi connectivity index (χ2n) is 5.92. The SMILES string of the molecule is COc1ccc(S(=O)(=O)NCC(=O)NCc2ccc3c(c2)OCO3)c(C)c1. The van der Waals surface area contributed by atoms with Gasteiger partial charge in [-0.3, -0.25) is 4.79 Å². The van der Waals surface area contributed by atoms with Gasteiger partial charge in [-0.1, -0.05) is 6.07 Å². The highest BCUT2D eigenvalue weighted by Crippen LogP contribution is 2.32. The average Bonchev–Trinajstić information content (AvgIpc) is 3.12. The predicted molar refractivity (Wildman–Crippen MR) is 97.3 cm³/mol. The third-order valence-electron chi connectivity index (χ3n) is 4.02. The van der Waals surface area contributed by atoms with Gasteiger partial charge in [-0.2, -0.15) is 0 Å². The summed E-state index contributed by atoms with van der Waals surface area (Å²) < 4.78 is 42.7. The molecule has 9 heteroatoms. The molecule has 0 saturated heterocycles. The molecule has 3 rings (SSSR count). The molecule has 0 aliphatic carbocycles. The number of fused-ring (bicyclic) bond motifs is 1. The first-order valence-electron chi connectivity index (χ1n) is 8.18. The van der Waals surface area contributed by atoms with Crippen LogP contribution in [0.15, 0.2) is 41.3 Å². The molecule has 0 bridgehead atoms. The Labute approximate surface area is 157 Å². The van der Waals surface area contributed by atoms with E-state index in [-0.39, 0.29) is 24.8 Å². The lowest BCUT2D eigenvalue weighted by Crippen LogP contribution is -2.36. The van der Waals surface area contributed by atoms with E-state index in [0.29, 0.717) is 22.8 Å². The summed E-state index contributed by atoms with van der Waals surface area (Å²) in [5.41, 5.74) is 1.35. The molecule has 1 heterocycles. The van der Waals surface area contributed by atoms with Crippen molar-refractivity contribution in [2.45, 2.75) is 18.4 Å². The fourth-order valence-corrected chi connectivity index (χ4v) is 3.81. The fraction of sp³-hybridized carbons (Fsp3) is 0.278. The molecule has 0 saturated carbocycles. The van der Waals surface area contributed by atoms with E-state index in [1.165, 1.54) is 13.2 Å². The topological polar surface area (TPSA) is 103 Å². The Hall–Kier alpha value is -2.78. The van der Waals surface area contributed by atoms with Gasteiger partial charge >= 0.3 is 0 Å². The summed E-state index contributed by atoms with van der Waals surface area (Å²) in [7, 11) is -2.30. The zero-order valence-electron chi connectivity index (χ0n) is 14.9. The van der Waals surface area contributed by atoms with Crippen molar-refractivity contribution < 1.29 is 27.4 Å². The second kappa shape index (κ2) is 7.85. The molecule has 2 aromatic rings. The first-order valence-corrected chi connectivity index (χ1v) is 9.67. The Morgan fingerprint density at radius 1 is 1.15 bits per heavy atom. The molecule has 2 N–H and O–H groups in total. The standard InChI is InChI=1S/C18H20N2O6S/c1-12-7-14(24-2)4-6-17(12)27(22,23)20-10-18(21)19-9-13-3-5-15-16(8-13)26-11-25-15/h3-8,20H,9-11H2,1-2H3,(H,19,21). The van der Waals surface area contributed by atoms with Gasteiger partial charge in [-0.15, -0.1) is 0 Å². The second-order valence-corrected chi connectivity index (χ2v) is 7.66. The number of carbonyl (C=O) groups is 1. The lowest BCUT2D eigenvalue weighted by atomic mass is 10.2. The fourth-order valence-electron chi connectivity index (χ4n) is 2.60. The van der Waals surface area contributed by atoms with Crippen molar-refractivity contribution in [3.63, 3.8) is 0 Å². The van der Waals surface area contributed by atoms with Crippen LogP contribution in [0.5, 0.6) is 17.2 Å². The van der Waals surface area contributed by atoms with Gasteiger partial charge in [0, 0.05) is 6.54 Å². The number of methoxy groups -OCH3 is 1. The van der Waals surface area contributed by atoms with E-state index in [4.69, 9.17) is 14.2 Å². The Bertz CT molecular complexity index is 958. The van der Waals surface area contributed by atoms with Gasteiger partial charge in [-0.05, 0) is 48.4 Å². The third kappa shape index (κ3) is 4.50. The van der Waals surface area contributed by atoms with Crippen LogP contribution in [-0.4, -0.2) is 34.8 Å². The van der Waals surface area contributed by atoms with Crippen molar-refractivity contribution in [2.24, 2.45) is 0 Å². The summed E-state index contributed by atoms with van der Waals surface area (Å²) in [4.78, 5) is 12.1. The van der Waals surface area contributed by atoms with E-state index in [0.717, 1.165) is 5.56 Å². The minimum atomic E-state index is -3.80. The largest absolute Gasteiger partial charge is 0.497 e. The van der Waals surface area contributed by atoms with E-state index in [1.54, 1.807) is 37.3 Å². The molecule has 0 radical (unpaired) electrons. The van der Waals surface area contributed by atoms with Crippen molar-refractivity contribution in [1.29, 1.82) is 0 Å². The van der Waals surface area contributed by atoms with Crippen molar-refractivity contribution >= 4 is 15.9 Å². The van der Waals surface area contributed by atoms with Gasteiger partial charge in [0.2, 0.25) is 22.7 Å². The van der Waals surface area contributed by atoms with Gasteiger partial charge in [0.1, 0.15) is 5.75 Å². The molecule has 0 spiro atoms. The molecule has 144 valence electrons. The maximum atomic E-state index is 12.4. The van der Waals surface area contributed by atoms with Crippen LogP contribution < -0.4 is 24.2 Å². The van der Waals surface area contributed by atoms with E-state index in [1.807, 2.05) is 0 Å². The predicted octanol–water partition coefficient (Wildman–Crippen LogP) is 1.33. The molecule has 0 atom stereocenters. The highest BCUT2D eigenvalue weighted by Gasteiger charge is 2.18. The van der Waals surface area contributed by atoms with Crippen LogP contribution in [0.2, 0.25) is 0 Å². The maximum Gasteiger partial charge on any atom is 0.241 e. The number of nitrogens with one attached hydrogen (secondary N) is 2. The Morgan fingerprint density at radius 2 is 1.93 bits per heavy atom. The summed E-state index contributed by atoms with van der Waals surface area (Å²) in [6, 6.07) is 9.96. The molecule has 1 aliphatic heterocycles. The van der Waals surface area contributed by atoms with Crippen LogP contribution in [0.4, 0.5) is 0 Å². The minimum Gasteiger partial charge on any atom is -0.497 e. The van der Waals surface area contributed by atoms with Crippen LogP contribution in [0.1, 0.15) is 11.1 Å². The van der Waals surface area contributed by atoms with Gasteiger partial charge in [-0.25, -0.2) is 13.1 Å². The number of carbonyl (C=O) groups excluding carboxylic acids is 1. The van der Waals surface area contributed by atoms with Gasteiger partial charge in [0.25, 0.3) is 0 Å². The zero-order chi connectivity index (χ0) is 19.4. The highest BCUT2D eigenvalue weighted by molar-refractivity contribution is 7.89. The van der Waals surface area contributed by atoms with E-state index in [9.17, 15) is 13.2 Å². The summed E-state index contributed by atoms with van der Waals surface area (Å²) >= 11 is 0. The van der Waals surface area contributed by atoms with Crippen molar-refractivity contribution in [3.8, 4) is 17.2 Å². The molecule has 8 nitrogen and oxygen atoms in total. The summed E-state index contributed by atoms with van der Waals surface area (Å²) in [5, 5.41) is 2.66. The highest BCUT2D eigenvalue weighted by atomic mass is 32.2. The van der Waals surface area contributed by atoms with Gasteiger partial charge in [0.05, 0.1) is 18.6 Å². The molecule has 0 fully saturated rings. The van der Waals surface area contributed by atoms with Gasteiger partial charge < -0.3 is 19.5 Å². The first kappa shape index (κ1) is 19.0. The molecule has 2 aromatic carbocycles. The molecule has 0 aromatic heterocycles. The average molecular weight is 392 g/mol. The molecule has 0 unspecified atom stereocenters. The van der Waals surface area contributed by atoms with Crippen LogP contribution in [0, 0.1) is 6.92 Å². The monoisotopic (exact) mass is 392 g/mol. The van der Waals surface area contributed by atoms with Gasteiger partial charge in [0.15, 0.2) is 11.5 Å². The van der Waals surface area contributed by atoms with Crippen molar-refractivity contribution in [1.82, 2.24) is 10.0 Å². The quantitative estimate of drug-likeness (QED) is 0.737. The number of rotatable bonds is 7. The van der Waals surface area contributed by atoms with Crippen LogP contribution in [0.3, 0.4) is 0 Å². The number of hydrogen-bond donors (Lipinski definition) is 2. The lowest BCUT2D eigenvalue weighted by molar-refractivity contribution is -0.120. The zero-order valence-corrected chi connectivity index (χ0v) is 15.8. The number of ether oxygens (including phenoxy) is 3. The number of amides is 1. The molecule has 1 amide bonds. The van der Waals surface area contributed by atoms with E-state index in [2.05, 4.69) is 10.0 Å². The summed E-state index contributed by atoms with van der Waals surface area (Å²) in [5.74, 6) is 1.40. The molecular weight excluding hydrogens is 372 g/mol. The molecule has 1 aliphatic rings. The number of sulfonamides is 1. The molecule has 27 heavy (non-hydrogen) atoms. The summed E-state index contributed by atoms with van der Waals surface area (Å²) in [6.45, 7) is 1.73. The van der Waals surface area contributed by atoms with Crippen molar-refractivity contribution in [2.75, 3.05) is 20.4 Å². The maximum absolute atomic E-state index is 12.4. The molecular formula is C18H20N2O6S. The minimum absolute atomic E-state index is 0.104. The lowest BCUT2D eigenvalue weighted by Gasteiger charge is -2.11. The number of aryl methyl sites for hydroxylation is 1. The smallest absolute Gasteiger partial charge is 0.241 e. The summed E-state index contributed by atoms with van der Waals surface area (Å²) in [6.07, 6.45) is 0. The first-order chi connectivity index (χ1) is 12.9. The van der Waals surface area contributed by atoms with Crippen molar-refractivity contribution in [3.05, 3.63) is 47.5 Å². The Balaban J connectivity index is 1.55. The Morgan fingerprint density at radius 3 is 2.67 bits per heavy atom. The van der Waals surface area contributed by atoms with Crippen LogP contribution >= 0.6 is 0 Å². The Kier molecular flexibility index (Phi) is 5.52. The number of benzene rings is 2. The number of hydrogen-bond acceptors (Lipinski definition) is 6. The van der Waals surface area contributed by atoms with Crippen LogP contribution in [-0.2, 0) is 21.4 Å². The van der Waals surface area contributed by atoms with Crippen LogP contribution in [0.25, 0.3) is 0 Å².